The van der Waals surface area contributed by atoms with Crippen LogP contribution in [0.25, 0.3) is 0 Å². The van der Waals surface area contributed by atoms with Crippen molar-refractivity contribution in [1.82, 2.24) is 9.80 Å². The molecule has 1 aromatic carbocycles. The number of hydrogen-bond acceptors (Lipinski definition) is 3. The van der Waals surface area contributed by atoms with Gasteiger partial charge in [-0.15, -0.1) is 0 Å². The topological polar surface area (TPSA) is 32.5 Å². The number of rotatable bonds is 8. The zero-order valence-corrected chi connectivity index (χ0v) is 14.1. The van der Waals surface area contributed by atoms with Gasteiger partial charge in [0.05, 0.1) is 0 Å². The Labute approximate surface area is 128 Å². The average Bonchev–Trinajstić information content (AvgIpc) is 2.38. The molecule has 0 aliphatic carbocycles. The Hall–Kier alpha value is -0.970. The summed E-state index contributed by atoms with van der Waals surface area (Å²) in [4.78, 5) is 4.62. The molecule has 0 heterocycles. The van der Waals surface area contributed by atoms with Gasteiger partial charge in [0.2, 0.25) is 0 Å². The summed E-state index contributed by atoms with van der Waals surface area (Å²) in [5.74, 6) is -0.184. The predicted octanol–water partition coefficient (Wildman–Crippen LogP) is 2.36. The summed E-state index contributed by atoms with van der Waals surface area (Å²) in [5.41, 5.74) is 6.92. The zero-order valence-electron chi connectivity index (χ0n) is 14.1. The van der Waals surface area contributed by atoms with Crippen LogP contribution in [-0.4, -0.2) is 55.1 Å². The van der Waals surface area contributed by atoms with E-state index in [0.717, 1.165) is 25.1 Å². The molecule has 0 spiro atoms. The summed E-state index contributed by atoms with van der Waals surface area (Å²) in [5, 5.41) is 0. The summed E-state index contributed by atoms with van der Waals surface area (Å²) in [7, 11) is 4.16. The van der Waals surface area contributed by atoms with E-state index in [1.807, 2.05) is 6.07 Å². The molecular formula is C17H30FN3. The van der Waals surface area contributed by atoms with Crippen LogP contribution in [-0.2, 0) is 6.42 Å². The van der Waals surface area contributed by atoms with Crippen molar-refractivity contribution in [3.63, 3.8) is 0 Å². The van der Waals surface area contributed by atoms with E-state index in [0.29, 0.717) is 12.6 Å². The molecule has 2 atom stereocenters. The van der Waals surface area contributed by atoms with Crippen LogP contribution >= 0.6 is 0 Å². The first-order valence-corrected chi connectivity index (χ1v) is 7.68. The van der Waals surface area contributed by atoms with Gasteiger partial charge in [0.25, 0.3) is 0 Å². The van der Waals surface area contributed by atoms with Crippen LogP contribution < -0.4 is 5.73 Å². The lowest BCUT2D eigenvalue weighted by Gasteiger charge is -2.45. The second kappa shape index (κ2) is 7.87. The Morgan fingerprint density at radius 1 is 1.33 bits per heavy atom. The zero-order chi connectivity index (χ0) is 16.0. The molecule has 0 fully saturated rings. The molecule has 21 heavy (non-hydrogen) atoms. The number of nitrogens with zero attached hydrogens (tertiary/aromatic N) is 2. The van der Waals surface area contributed by atoms with E-state index in [1.165, 1.54) is 6.07 Å². The minimum Gasteiger partial charge on any atom is -0.329 e. The number of nitrogens with two attached hydrogens (primary N) is 1. The average molecular weight is 295 g/mol. The summed E-state index contributed by atoms with van der Waals surface area (Å²) < 4.78 is 13.4. The number of likely N-dealkylation sites (N-methyl/N-ethyl adjacent to an activating group) is 2. The SMILES string of the molecule is CCN(C(C)CN(C)C)C(C)(CN)Cc1cccc(F)c1. The third kappa shape index (κ3) is 5.06. The van der Waals surface area contributed by atoms with Crippen molar-refractivity contribution >= 4 is 0 Å². The molecule has 1 aromatic rings. The van der Waals surface area contributed by atoms with Gasteiger partial charge in [-0.2, -0.15) is 0 Å². The Bertz CT molecular complexity index is 436. The van der Waals surface area contributed by atoms with Crippen LogP contribution in [0.5, 0.6) is 0 Å². The van der Waals surface area contributed by atoms with Gasteiger partial charge >= 0.3 is 0 Å². The molecule has 4 heteroatoms. The number of halogens is 1. The van der Waals surface area contributed by atoms with Crippen LogP contribution in [0.2, 0.25) is 0 Å². The highest BCUT2D eigenvalue weighted by atomic mass is 19.1. The predicted molar refractivity (Wildman–Crippen MR) is 88.0 cm³/mol. The molecule has 0 aromatic heterocycles. The van der Waals surface area contributed by atoms with Crippen molar-refractivity contribution < 1.29 is 4.39 Å². The largest absolute Gasteiger partial charge is 0.329 e. The molecule has 120 valence electrons. The minimum atomic E-state index is -0.184. The Morgan fingerprint density at radius 2 is 2.00 bits per heavy atom. The van der Waals surface area contributed by atoms with Crippen LogP contribution in [0.15, 0.2) is 24.3 Å². The normalized spacial score (nSPS) is 16.2. The second-order valence-corrected chi connectivity index (χ2v) is 6.41. The summed E-state index contributed by atoms with van der Waals surface area (Å²) >= 11 is 0. The maximum Gasteiger partial charge on any atom is 0.123 e. The molecule has 0 aliphatic rings. The summed E-state index contributed by atoms with van der Waals surface area (Å²) in [6.07, 6.45) is 0.757. The molecule has 0 radical (unpaired) electrons. The van der Waals surface area contributed by atoms with Gasteiger partial charge in [-0.25, -0.2) is 4.39 Å². The molecule has 0 saturated heterocycles. The third-order valence-electron chi connectivity index (χ3n) is 4.11. The van der Waals surface area contributed by atoms with E-state index in [1.54, 1.807) is 12.1 Å². The highest BCUT2D eigenvalue weighted by molar-refractivity contribution is 5.19. The first-order valence-electron chi connectivity index (χ1n) is 7.68. The van der Waals surface area contributed by atoms with Crippen molar-refractivity contribution in [1.29, 1.82) is 0 Å². The maximum atomic E-state index is 13.4. The van der Waals surface area contributed by atoms with E-state index in [-0.39, 0.29) is 11.4 Å². The lowest BCUT2D eigenvalue weighted by molar-refractivity contribution is 0.0612. The van der Waals surface area contributed by atoms with Crippen LogP contribution in [0.3, 0.4) is 0 Å². The molecule has 0 aliphatic heterocycles. The molecule has 0 saturated carbocycles. The van der Waals surface area contributed by atoms with Crippen LogP contribution in [0, 0.1) is 5.82 Å². The Morgan fingerprint density at radius 3 is 2.48 bits per heavy atom. The Balaban J connectivity index is 2.94. The quantitative estimate of drug-likeness (QED) is 0.799. The molecule has 0 bridgehead atoms. The van der Waals surface area contributed by atoms with Gasteiger partial charge in [0, 0.05) is 24.7 Å². The van der Waals surface area contributed by atoms with E-state index < -0.39 is 0 Å². The van der Waals surface area contributed by atoms with E-state index >= 15 is 0 Å². The lowest BCUT2D eigenvalue weighted by atomic mass is 9.89. The highest BCUT2D eigenvalue weighted by Gasteiger charge is 2.33. The van der Waals surface area contributed by atoms with Gasteiger partial charge in [-0.3, -0.25) is 4.90 Å². The van der Waals surface area contributed by atoms with Gasteiger partial charge < -0.3 is 10.6 Å². The molecule has 2 N–H and O–H groups in total. The fourth-order valence-electron chi connectivity index (χ4n) is 3.23. The molecule has 0 amide bonds. The lowest BCUT2D eigenvalue weighted by Crippen LogP contribution is -2.58. The van der Waals surface area contributed by atoms with Crippen molar-refractivity contribution in [2.24, 2.45) is 5.73 Å². The van der Waals surface area contributed by atoms with Crippen molar-refractivity contribution in [2.75, 3.05) is 33.7 Å². The summed E-state index contributed by atoms with van der Waals surface area (Å²) in [6.45, 7) is 9.02. The van der Waals surface area contributed by atoms with Gasteiger partial charge in [0.15, 0.2) is 0 Å². The van der Waals surface area contributed by atoms with E-state index in [9.17, 15) is 4.39 Å². The van der Waals surface area contributed by atoms with E-state index in [2.05, 4.69) is 44.7 Å². The van der Waals surface area contributed by atoms with Crippen LogP contribution in [0.4, 0.5) is 4.39 Å². The van der Waals surface area contributed by atoms with E-state index in [4.69, 9.17) is 5.73 Å². The number of benzene rings is 1. The van der Waals surface area contributed by atoms with Crippen LogP contribution in [0.1, 0.15) is 26.3 Å². The van der Waals surface area contributed by atoms with Gasteiger partial charge in [-0.05, 0) is 58.6 Å². The van der Waals surface area contributed by atoms with Gasteiger partial charge in [0.1, 0.15) is 5.82 Å². The monoisotopic (exact) mass is 295 g/mol. The standard InChI is InChI=1S/C17H30FN3/c1-6-21(14(2)12-20(4)5)17(3,13-19)11-15-8-7-9-16(18)10-15/h7-10,14H,6,11-13,19H2,1-5H3. The third-order valence-corrected chi connectivity index (χ3v) is 4.11. The number of hydrogen-bond donors (Lipinski definition) is 1. The minimum absolute atomic E-state index is 0.169. The smallest absolute Gasteiger partial charge is 0.123 e. The summed E-state index contributed by atoms with van der Waals surface area (Å²) in [6, 6.07) is 7.23. The fraction of sp³-hybridized carbons (Fsp3) is 0.647. The van der Waals surface area contributed by atoms with Crippen molar-refractivity contribution in [2.45, 2.75) is 38.8 Å². The van der Waals surface area contributed by atoms with Gasteiger partial charge in [-0.1, -0.05) is 19.1 Å². The second-order valence-electron chi connectivity index (χ2n) is 6.41. The first-order chi connectivity index (χ1) is 9.82. The first kappa shape index (κ1) is 18.1. The molecule has 3 nitrogen and oxygen atoms in total. The van der Waals surface area contributed by atoms with Crippen molar-refractivity contribution in [3.8, 4) is 0 Å². The van der Waals surface area contributed by atoms with Crippen molar-refractivity contribution in [3.05, 3.63) is 35.6 Å². The molecular weight excluding hydrogens is 265 g/mol. The fourth-order valence-corrected chi connectivity index (χ4v) is 3.23. The molecule has 2 unspecified atom stereocenters. The molecule has 1 rings (SSSR count). The maximum absolute atomic E-state index is 13.4. The highest BCUT2D eigenvalue weighted by Crippen LogP contribution is 2.23. The Kier molecular flexibility index (Phi) is 6.78.